The van der Waals surface area contributed by atoms with Gasteiger partial charge in [-0.05, 0) is 44.7 Å². The van der Waals surface area contributed by atoms with Crippen molar-refractivity contribution in [1.82, 2.24) is 10.2 Å². The minimum absolute atomic E-state index is 0.762. The molecule has 3 unspecified atom stereocenters. The molecule has 0 amide bonds. The Morgan fingerprint density at radius 3 is 2.47 bits per heavy atom. The molecular formula is C15H30N2. The molecule has 1 heterocycles. The van der Waals surface area contributed by atoms with E-state index in [4.69, 9.17) is 0 Å². The summed E-state index contributed by atoms with van der Waals surface area (Å²) in [5.74, 6) is 0.910. The van der Waals surface area contributed by atoms with Gasteiger partial charge in [0.1, 0.15) is 0 Å². The Labute approximate surface area is 107 Å². The van der Waals surface area contributed by atoms with Gasteiger partial charge in [-0.2, -0.15) is 0 Å². The fraction of sp³-hybridized carbons (Fsp3) is 1.00. The molecule has 0 aromatic carbocycles. The van der Waals surface area contributed by atoms with Crippen LogP contribution >= 0.6 is 0 Å². The van der Waals surface area contributed by atoms with Crippen molar-refractivity contribution < 1.29 is 0 Å². The molecule has 3 atom stereocenters. The molecule has 2 fully saturated rings. The summed E-state index contributed by atoms with van der Waals surface area (Å²) < 4.78 is 0. The fourth-order valence-corrected chi connectivity index (χ4v) is 3.70. The SMILES string of the molecule is CCN(CC1CCCCN1)C1CCCCC1C. The zero-order valence-electron chi connectivity index (χ0n) is 11.8. The van der Waals surface area contributed by atoms with E-state index in [1.165, 1.54) is 64.6 Å². The standard InChI is InChI=1S/C15H30N2/c1-3-17(12-14-9-6-7-11-16-14)15-10-5-4-8-13(15)2/h13-16H,3-12H2,1-2H3. The largest absolute Gasteiger partial charge is 0.313 e. The molecular weight excluding hydrogens is 208 g/mol. The average molecular weight is 238 g/mol. The third kappa shape index (κ3) is 3.69. The Morgan fingerprint density at radius 1 is 1.06 bits per heavy atom. The second-order valence-corrected chi connectivity index (χ2v) is 6.06. The van der Waals surface area contributed by atoms with Crippen molar-refractivity contribution in [2.75, 3.05) is 19.6 Å². The Kier molecular flexibility index (Phi) is 5.30. The second-order valence-electron chi connectivity index (χ2n) is 6.06. The van der Waals surface area contributed by atoms with Crippen LogP contribution < -0.4 is 5.32 Å². The van der Waals surface area contributed by atoms with Crippen molar-refractivity contribution in [3.63, 3.8) is 0 Å². The minimum atomic E-state index is 0.762. The lowest BCUT2D eigenvalue weighted by Crippen LogP contribution is -2.49. The van der Waals surface area contributed by atoms with Crippen molar-refractivity contribution in [2.45, 2.75) is 70.9 Å². The van der Waals surface area contributed by atoms with Gasteiger partial charge in [-0.1, -0.05) is 33.1 Å². The molecule has 1 aliphatic carbocycles. The van der Waals surface area contributed by atoms with Gasteiger partial charge < -0.3 is 5.32 Å². The molecule has 1 saturated carbocycles. The summed E-state index contributed by atoms with van der Waals surface area (Å²) in [6.07, 6.45) is 9.97. The molecule has 100 valence electrons. The van der Waals surface area contributed by atoms with E-state index in [9.17, 15) is 0 Å². The number of hydrogen-bond donors (Lipinski definition) is 1. The highest BCUT2D eigenvalue weighted by Crippen LogP contribution is 2.28. The van der Waals surface area contributed by atoms with Gasteiger partial charge in [0, 0.05) is 18.6 Å². The third-order valence-corrected chi connectivity index (χ3v) is 4.81. The van der Waals surface area contributed by atoms with E-state index in [1.54, 1.807) is 0 Å². The first kappa shape index (κ1) is 13.4. The smallest absolute Gasteiger partial charge is 0.0195 e. The van der Waals surface area contributed by atoms with Crippen molar-refractivity contribution >= 4 is 0 Å². The van der Waals surface area contributed by atoms with E-state index in [0.717, 1.165) is 18.0 Å². The van der Waals surface area contributed by atoms with Crippen LogP contribution in [0.25, 0.3) is 0 Å². The first-order chi connectivity index (χ1) is 8.31. The summed E-state index contributed by atoms with van der Waals surface area (Å²) in [6, 6.07) is 1.62. The molecule has 1 N–H and O–H groups in total. The van der Waals surface area contributed by atoms with Crippen LogP contribution in [0.1, 0.15) is 58.8 Å². The Morgan fingerprint density at radius 2 is 1.82 bits per heavy atom. The Balaban J connectivity index is 1.85. The number of rotatable bonds is 4. The van der Waals surface area contributed by atoms with Crippen LogP contribution in [-0.4, -0.2) is 36.6 Å². The van der Waals surface area contributed by atoms with Gasteiger partial charge in [0.05, 0.1) is 0 Å². The molecule has 0 spiro atoms. The van der Waals surface area contributed by atoms with Crippen molar-refractivity contribution in [2.24, 2.45) is 5.92 Å². The molecule has 2 heteroatoms. The number of piperidine rings is 1. The normalized spacial score (nSPS) is 35.1. The van der Waals surface area contributed by atoms with E-state index in [2.05, 4.69) is 24.1 Å². The summed E-state index contributed by atoms with van der Waals surface area (Å²) in [5.41, 5.74) is 0. The predicted octanol–water partition coefficient (Wildman–Crippen LogP) is 3.03. The topological polar surface area (TPSA) is 15.3 Å². The maximum atomic E-state index is 3.70. The van der Waals surface area contributed by atoms with Gasteiger partial charge in [-0.25, -0.2) is 0 Å². The molecule has 1 saturated heterocycles. The molecule has 1 aliphatic heterocycles. The molecule has 0 aromatic heterocycles. The quantitative estimate of drug-likeness (QED) is 0.810. The predicted molar refractivity (Wildman–Crippen MR) is 74.3 cm³/mol. The Bertz CT molecular complexity index is 211. The lowest BCUT2D eigenvalue weighted by atomic mass is 9.84. The fourth-order valence-electron chi connectivity index (χ4n) is 3.70. The van der Waals surface area contributed by atoms with E-state index >= 15 is 0 Å². The third-order valence-electron chi connectivity index (χ3n) is 4.81. The van der Waals surface area contributed by atoms with Crippen molar-refractivity contribution in [1.29, 1.82) is 0 Å². The maximum Gasteiger partial charge on any atom is 0.0195 e. The molecule has 0 bridgehead atoms. The average Bonchev–Trinajstić information content (AvgIpc) is 2.38. The highest BCUT2D eigenvalue weighted by Gasteiger charge is 2.28. The van der Waals surface area contributed by atoms with Crippen LogP contribution in [0, 0.1) is 5.92 Å². The summed E-state index contributed by atoms with van der Waals surface area (Å²) in [7, 11) is 0. The minimum Gasteiger partial charge on any atom is -0.313 e. The number of hydrogen-bond acceptors (Lipinski definition) is 2. The van der Waals surface area contributed by atoms with Gasteiger partial charge in [0.15, 0.2) is 0 Å². The van der Waals surface area contributed by atoms with Gasteiger partial charge >= 0.3 is 0 Å². The lowest BCUT2D eigenvalue weighted by molar-refractivity contribution is 0.102. The van der Waals surface area contributed by atoms with Crippen LogP contribution in [0.5, 0.6) is 0 Å². The Hall–Kier alpha value is -0.0800. The highest BCUT2D eigenvalue weighted by atomic mass is 15.2. The van der Waals surface area contributed by atoms with Crippen LogP contribution in [0.4, 0.5) is 0 Å². The van der Waals surface area contributed by atoms with E-state index in [1.807, 2.05) is 0 Å². The molecule has 2 rings (SSSR count). The number of nitrogens with zero attached hydrogens (tertiary/aromatic N) is 1. The lowest BCUT2D eigenvalue weighted by Gasteiger charge is -2.40. The van der Waals surface area contributed by atoms with Crippen LogP contribution in [-0.2, 0) is 0 Å². The van der Waals surface area contributed by atoms with Gasteiger partial charge in [-0.15, -0.1) is 0 Å². The summed E-state index contributed by atoms with van der Waals surface area (Å²) in [4.78, 5) is 2.76. The first-order valence-electron chi connectivity index (χ1n) is 7.78. The number of likely N-dealkylation sites (N-methyl/N-ethyl adjacent to an activating group) is 1. The summed E-state index contributed by atoms with van der Waals surface area (Å²) in [5, 5.41) is 3.70. The first-order valence-corrected chi connectivity index (χ1v) is 7.78. The van der Waals surface area contributed by atoms with Gasteiger partial charge in [0.25, 0.3) is 0 Å². The zero-order valence-corrected chi connectivity index (χ0v) is 11.8. The van der Waals surface area contributed by atoms with Gasteiger partial charge in [0.2, 0.25) is 0 Å². The number of nitrogens with one attached hydrogen (secondary N) is 1. The van der Waals surface area contributed by atoms with Gasteiger partial charge in [-0.3, -0.25) is 4.90 Å². The monoisotopic (exact) mass is 238 g/mol. The molecule has 2 nitrogen and oxygen atoms in total. The molecule has 0 radical (unpaired) electrons. The maximum absolute atomic E-state index is 3.70. The highest BCUT2D eigenvalue weighted by molar-refractivity contribution is 4.84. The van der Waals surface area contributed by atoms with E-state index in [-0.39, 0.29) is 0 Å². The molecule has 0 aromatic rings. The summed E-state index contributed by atoms with van der Waals surface area (Å²) in [6.45, 7) is 8.55. The zero-order chi connectivity index (χ0) is 12.1. The van der Waals surface area contributed by atoms with Crippen LogP contribution in [0.2, 0.25) is 0 Å². The summed E-state index contributed by atoms with van der Waals surface area (Å²) >= 11 is 0. The van der Waals surface area contributed by atoms with Crippen molar-refractivity contribution in [3.8, 4) is 0 Å². The van der Waals surface area contributed by atoms with Crippen LogP contribution in [0.3, 0.4) is 0 Å². The second kappa shape index (κ2) is 6.75. The van der Waals surface area contributed by atoms with E-state index < -0.39 is 0 Å². The molecule has 17 heavy (non-hydrogen) atoms. The van der Waals surface area contributed by atoms with Crippen molar-refractivity contribution in [3.05, 3.63) is 0 Å². The van der Waals surface area contributed by atoms with E-state index in [0.29, 0.717) is 0 Å². The van der Waals surface area contributed by atoms with Crippen LogP contribution in [0.15, 0.2) is 0 Å². The molecule has 2 aliphatic rings.